The molecule has 2 amide bonds. The highest BCUT2D eigenvalue weighted by atomic mass is 35.5. The predicted octanol–water partition coefficient (Wildman–Crippen LogP) is 6.45. The third kappa shape index (κ3) is 8.43. The smallest absolute Gasteiger partial charge is 0.264 e. The van der Waals surface area contributed by atoms with Gasteiger partial charge in [-0.3, -0.25) is 13.9 Å². The quantitative estimate of drug-likeness (QED) is 0.244. The summed E-state index contributed by atoms with van der Waals surface area (Å²) < 4.78 is 34.2. The molecule has 3 aromatic carbocycles. The van der Waals surface area contributed by atoms with Gasteiger partial charge in [-0.25, -0.2) is 8.42 Å². The van der Waals surface area contributed by atoms with Gasteiger partial charge in [0.05, 0.1) is 17.7 Å². The maximum absolute atomic E-state index is 14.2. The number of methoxy groups -OCH3 is 1. The zero-order chi connectivity index (χ0) is 31.0. The Kier molecular flexibility index (Phi) is 11.3. The zero-order valence-electron chi connectivity index (χ0n) is 24.3. The average Bonchev–Trinajstić information content (AvgIpc) is 3.01. The van der Waals surface area contributed by atoms with Crippen molar-refractivity contribution < 1.29 is 22.7 Å². The largest absolute Gasteiger partial charge is 0.497 e. The van der Waals surface area contributed by atoms with Gasteiger partial charge in [-0.05, 0) is 85.5 Å². The Morgan fingerprint density at radius 1 is 0.907 bits per heavy atom. The zero-order valence-corrected chi connectivity index (χ0v) is 26.7. The molecule has 0 aromatic heterocycles. The van der Waals surface area contributed by atoms with E-state index in [4.69, 9.17) is 27.9 Å². The molecule has 8 nitrogen and oxygen atoms in total. The summed E-state index contributed by atoms with van der Waals surface area (Å²) in [6, 6.07) is 18.5. The molecule has 1 saturated carbocycles. The number of hydrogen-bond acceptors (Lipinski definition) is 5. The molecule has 0 spiro atoms. The van der Waals surface area contributed by atoms with Crippen molar-refractivity contribution in [3.05, 3.63) is 88.4 Å². The van der Waals surface area contributed by atoms with Gasteiger partial charge in [-0.2, -0.15) is 0 Å². The van der Waals surface area contributed by atoms with E-state index < -0.39 is 28.5 Å². The fourth-order valence-corrected chi connectivity index (χ4v) is 6.93. The molecule has 1 aliphatic rings. The normalized spacial score (nSPS) is 14.5. The molecule has 43 heavy (non-hydrogen) atoms. The van der Waals surface area contributed by atoms with Crippen LogP contribution in [0.4, 0.5) is 5.69 Å². The Bertz CT molecular complexity index is 1480. The first kappa shape index (κ1) is 32.6. The third-order valence-electron chi connectivity index (χ3n) is 7.64. The number of hydrogen-bond donors (Lipinski definition) is 1. The van der Waals surface area contributed by atoms with Crippen LogP contribution in [0, 0.1) is 0 Å². The van der Waals surface area contributed by atoms with E-state index in [0.29, 0.717) is 22.2 Å². The summed E-state index contributed by atoms with van der Waals surface area (Å²) in [7, 11) is -2.71. The highest BCUT2D eigenvalue weighted by Gasteiger charge is 2.34. The standard InChI is InChI=1S/C32H37Cl2N3O5S/c1-3-30(32(39)35-26-7-5-4-6-8-26)36(21-23-9-11-24(33)12-10-23)31(38)22-37(27-15-13-25(34)14-16-27)43(40,41)29-19-17-28(42-2)18-20-29/h9-20,26,30H,3-8,21-22H2,1-2H3,(H,35,39)/t30-/m1/s1. The van der Waals surface area contributed by atoms with Crippen molar-refractivity contribution >= 4 is 50.7 Å². The van der Waals surface area contributed by atoms with E-state index in [0.717, 1.165) is 42.0 Å². The van der Waals surface area contributed by atoms with Gasteiger partial charge in [-0.1, -0.05) is 61.5 Å². The second-order valence-electron chi connectivity index (χ2n) is 10.6. The summed E-state index contributed by atoms with van der Waals surface area (Å²) >= 11 is 12.2. The Morgan fingerprint density at radius 3 is 2.05 bits per heavy atom. The lowest BCUT2D eigenvalue weighted by molar-refractivity contribution is -0.140. The fourth-order valence-electron chi connectivity index (χ4n) is 5.26. The second kappa shape index (κ2) is 14.9. The van der Waals surface area contributed by atoms with Gasteiger partial charge >= 0.3 is 0 Å². The van der Waals surface area contributed by atoms with Crippen LogP contribution >= 0.6 is 23.2 Å². The van der Waals surface area contributed by atoms with Crippen LogP contribution in [0.15, 0.2) is 77.7 Å². The number of benzene rings is 3. The van der Waals surface area contributed by atoms with E-state index in [-0.39, 0.29) is 29.1 Å². The number of carbonyl (C=O) groups is 2. The second-order valence-corrected chi connectivity index (χ2v) is 13.3. The highest BCUT2D eigenvalue weighted by Crippen LogP contribution is 2.27. The first-order valence-electron chi connectivity index (χ1n) is 14.4. The van der Waals surface area contributed by atoms with Gasteiger partial charge in [0.15, 0.2) is 0 Å². The number of ether oxygens (including phenoxy) is 1. The van der Waals surface area contributed by atoms with Crippen molar-refractivity contribution in [1.29, 1.82) is 0 Å². The Labute approximate surface area is 264 Å². The summed E-state index contributed by atoms with van der Waals surface area (Å²) in [5.41, 5.74) is 1.03. The van der Waals surface area contributed by atoms with E-state index in [1.54, 1.807) is 60.7 Å². The van der Waals surface area contributed by atoms with E-state index in [1.807, 2.05) is 6.92 Å². The molecule has 1 N–H and O–H groups in total. The van der Waals surface area contributed by atoms with Gasteiger partial charge in [0.1, 0.15) is 18.3 Å². The van der Waals surface area contributed by atoms with Crippen LogP contribution in [0.2, 0.25) is 10.0 Å². The number of rotatable bonds is 12. The molecule has 4 rings (SSSR count). The summed E-state index contributed by atoms with van der Waals surface area (Å²) in [6.45, 7) is 1.42. The summed E-state index contributed by atoms with van der Waals surface area (Å²) in [6.07, 6.45) is 5.40. The summed E-state index contributed by atoms with van der Waals surface area (Å²) in [4.78, 5) is 29.3. The maximum atomic E-state index is 14.2. The van der Waals surface area contributed by atoms with Crippen molar-refractivity contribution in [3.63, 3.8) is 0 Å². The molecular formula is C32H37Cl2N3O5S. The van der Waals surface area contributed by atoms with Crippen LogP contribution in [0.5, 0.6) is 5.75 Å². The summed E-state index contributed by atoms with van der Waals surface area (Å²) in [5, 5.41) is 4.11. The van der Waals surface area contributed by atoms with Crippen LogP contribution in [-0.4, -0.2) is 50.9 Å². The third-order valence-corrected chi connectivity index (χ3v) is 9.94. The van der Waals surface area contributed by atoms with Gasteiger partial charge in [-0.15, -0.1) is 0 Å². The molecule has 1 fully saturated rings. The minimum atomic E-state index is -4.21. The van der Waals surface area contributed by atoms with Crippen LogP contribution in [0.25, 0.3) is 0 Å². The molecule has 230 valence electrons. The highest BCUT2D eigenvalue weighted by molar-refractivity contribution is 7.92. The van der Waals surface area contributed by atoms with Crippen molar-refractivity contribution in [3.8, 4) is 5.75 Å². The van der Waals surface area contributed by atoms with Crippen molar-refractivity contribution in [2.24, 2.45) is 0 Å². The molecule has 0 saturated heterocycles. The topological polar surface area (TPSA) is 96.0 Å². The predicted molar refractivity (Wildman–Crippen MR) is 170 cm³/mol. The van der Waals surface area contributed by atoms with E-state index >= 15 is 0 Å². The first-order valence-corrected chi connectivity index (χ1v) is 16.6. The minimum absolute atomic E-state index is 0.0117. The number of carbonyl (C=O) groups excluding carboxylic acids is 2. The molecule has 3 aromatic rings. The van der Waals surface area contributed by atoms with Gasteiger partial charge in [0.2, 0.25) is 11.8 Å². The van der Waals surface area contributed by atoms with Crippen molar-refractivity contribution in [2.45, 2.75) is 69.0 Å². The summed E-state index contributed by atoms with van der Waals surface area (Å²) in [5.74, 6) is -0.266. The number of nitrogens with zero attached hydrogens (tertiary/aromatic N) is 2. The van der Waals surface area contributed by atoms with Gasteiger partial charge in [0, 0.05) is 22.6 Å². The monoisotopic (exact) mass is 645 g/mol. The van der Waals surface area contributed by atoms with Crippen molar-refractivity contribution in [1.82, 2.24) is 10.2 Å². The molecule has 1 atom stereocenters. The fraction of sp³-hybridized carbons (Fsp3) is 0.375. The molecule has 0 bridgehead atoms. The average molecular weight is 647 g/mol. The number of amides is 2. The van der Waals surface area contributed by atoms with Crippen LogP contribution in [-0.2, 0) is 26.2 Å². The van der Waals surface area contributed by atoms with Crippen molar-refractivity contribution in [2.75, 3.05) is 18.0 Å². The minimum Gasteiger partial charge on any atom is -0.497 e. The van der Waals surface area contributed by atoms with E-state index in [1.165, 1.54) is 24.1 Å². The number of nitrogens with one attached hydrogen (secondary N) is 1. The Morgan fingerprint density at radius 2 is 1.49 bits per heavy atom. The van der Waals surface area contributed by atoms with E-state index in [2.05, 4.69) is 5.32 Å². The lowest BCUT2D eigenvalue weighted by atomic mass is 9.95. The number of anilines is 1. The molecule has 0 radical (unpaired) electrons. The molecule has 1 aliphatic carbocycles. The SMILES string of the molecule is CC[C@H](C(=O)NC1CCCCC1)N(Cc1ccc(Cl)cc1)C(=O)CN(c1ccc(Cl)cc1)S(=O)(=O)c1ccc(OC)cc1. The van der Waals surface area contributed by atoms with Crippen LogP contribution in [0.1, 0.15) is 51.0 Å². The Hall–Kier alpha value is -3.27. The molecule has 11 heteroatoms. The first-order chi connectivity index (χ1) is 20.6. The molecule has 0 heterocycles. The lowest BCUT2D eigenvalue weighted by Crippen LogP contribution is -2.54. The number of halogens is 2. The molecule has 0 aliphatic heterocycles. The molecule has 0 unspecified atom stereocenters. The number of sulfonamides is 1. The molecular weight excluding hydrogens is 609 g/mol. The van der Waals surface area contributed by atoms with Gasteiger partial charge in [0.25, 0.3) is 10.0 Å². The van der Waals surface area contributed by atoms with E-state index in [9.17, 15) is 18.0 Å². The van der Waals surface area contributed by atoms with Crippen LogP contribution < -0.4 is 14.4 Å². The van der Waals surface area contributed by atoms with Gasteiger partial charge < -0.3 is 15.0 Å². The van der Waals surface area contributed by atoms with Crippen LogP contribution in [0.3, 0.4) is 0 Å². The lowest BCUT2D eigenvalue weighted by Gasteiger charge is -2.34. The maximum Gasteiger partial charge on any atom is 0.264 e. The Balaban J connectivity index is 1.69.